The van der Waals surface area contributed by atoms with Gasteiger partial charge in [-0.05, 0) is 29.9 Å². The molecule has 0 spiro atoms. The Morgan fingerprint density at radius 3 is 2.28 bits per heavy atom. The van der Waals surface area contributed by atoms with Crippen LogP contribution in [-0.4, -0.2) is 18.5 Å². The lowest BCUT2D eigenvalue weighted by molar-refractivity contribution is -0.126. The van der Waals surface area contributed by atoms with Crippen LogP contribution in [0.3, 0.4) is 0 Å². The van der Waals surface area contributed by atoms with Gasteiger partial charge in [0, 0.05) is 25.6 Å². The van der Waals surface area contributed by atoms with Crippen LogP contribution in [0.1, 0.15) is 57.1 Å². The predicted octanol–water partition coefficient (Wildman–Crippen LogP) is 3.34. The van der Waals surface area contributed by atoms with Crippen LogP contribution in [-0.2, 0) is 17.9 Å². The van der Waals surface area contributed by atoms with Crippen molar-refractivity contribution in [3.05, 3.63) is 35.4 Å². The Morgan fingerprint density at radius 2 is 1.64 bits per heavy atom. The predicted molar refractivity (Wildman–Crippen MR) is 99.9 cm³/mol. The molecule has 3 amide bonds. The lowest BCUT2D eigenvalue weighted by atomic mass is 9.88. The molecule has 1 aliphatic carbocycles. The fourth-order valence-electron chi connectivity index (χ4n) is 3.09. The Morgan fingerprint density at radius 1 is 1.00 bits per heavy atom. The van der Waals surface area contributed by atoms with E-state index >= 15 is 0 Å². The van der Waals surface area contributed by atoms with E-state index in [9.17, 15) is 9.59 Å². The molecule has 0 bridgehead atoms. The molecule has 1 aliphatic rings. The summed E-state index contributed by atoms with van der Waals surface area (Å²) < 4.78 is 0. The van der Waals surface area contributed by atoms with Gasteiger partial charge >= 0.3 is 6.03 Å². The second-order valence-electron chi connectivity index (χ2n) is 7.33. The van der Waals surface area contributed by atoms with Crippen molar-refractivity contribution in [3.8, 4) is 0 Å². The largest absolute Gasteiger partial charge is 0.352 e. The monoisotopic (exact) mass is 345 g/mol. The lowest BCUT2D eigenvalue weighted by Gasteiger charge is -2.20. The zero-order valence-corrected chi connectivity index (χ0v) is 15.4. The van der Waals surface area contributed by atoms with Crippen molar-refractivity contribution in [2.75, 3.05) is 6.54 Å². The van der Waals surface area contributed by atoms with E-state index in [0.29, 0.717) is 25.6 Å². The van der Waals surface area contributed by atoms with Gasteiger partial charge < -0.3 is 16.0 Å². The van der Waals surface area contributed by atoms with Crippen molar-refractivity contribution < 1.29 is 9.59 Å². The number of rotatable bonds is 7. The first kappa shape index (κ1) is 19.3. The van der Waals surface area contributed by atoms with Gasteiger partial charge in [-0.15, -0.1) is 0 Å². The van der Waals surface area contributed by atoms with Crippen molar-refractivity contribution in [1.29, 1.82) is 0 Å². The minimum Gasteiger partial charge on any atom is -0.352 e. The zero-order chi connectivity index (χ0) is 18.1. The Hall–Kier alpha value is -2.04. The van der Waals surface area contributed by atoms with Crippen LogP contribution in [0, 0.1) is 11.8 Å². The molecule has 3 N–H and O–H groups in total. The third-order valence-electron chi connectivity index (χ3n) is 4.56. The van der Waals surface area contributed by atoms with E-state index in [0.717, 1.165) is 36.8 Å². The van der Waals surface area contributed by atoms with Crippen LogP contribution < -0.4 is 16.0 Å². The lowest BCUT2D eigenvalue weighted by Crippen LogP contribution is -2.37. The minimum absolute atomic E-state index is 0.148. The van der Waals surface area contributed by atoms with Gasteiger partial charge in [-0.2, -0.15) is 0 Å². The van der Waals surface area contributed by atoms with Gasteiger partial charge in [0.15, 0.2) is 0 Å². The first-order chi connectivity index (χ1) is 12.0. The Labute approximate surface area is 151 Å². The Kier molecular flexibility index (Phi) is 7.76. The molecule has 2 rings (SSSR count). The highest BCUT2D eigenvalue weighted by atomic mass is 16.2. The maximum absolute atomic E-state index is 12.2. The summed E-state index contributed by atoms with van der Waals surface area (Å²) in [5.41, 5.74) is 2.09. The van der Waals surface area contributed by atoms with Crippen molar-refractivity contribution >= 4 is 11.9 Å². The first-order valence-corrected chi connectivity index (χ1v) is 9.42. The fourth-order valence-corrected chi connectivity index (χ4v) is 3.09. The molecule has 1 saturated carbocycles. The normalized spacial score (nSPS) is 15.0. The molecule has 0 aliphatic heterocycles. The zero-order valence-electron chi connectivity index (χ0n) is 15.4. The molecular weight excluding hydrogens is 314 g/mol. The molecule has 138 valence electrons. The van der Waals surface area contributed by atoms with Gasteiger partial charge in [-0.3, -0.25) is 4.79 Å². The smallest absolute Gasteiger partial charge is 0.315 e. The van der Waals surface area contributed by atoms with Crippen LogP contribution in [0.4, 0.5) is 4.79 Å². The van der Waals surface area contributed by atoms with Crippen molar-refractivity contribution in [2.24, 2.45) is 11.8 Å². The van der Waals surface area contributed by atoms with Gasteiger partial charge in [-0.1, -0.05) is 57.4 Å². The van der Waals surface area contributed by atoms with Gasteiger partial charge in [0.2, 0.25) is 5.91 Å². The van der Waals surface area contributed by atoms with E-state index in [1.54, 1.807) is 0 Å². The van der Waals surface area contributed by atoms with Crippen LogP contribution >= 0.6 is 0 Å². The molecule has 0 radical (unpaired) electrons. The van der Waals surface area contributed by atoms with E-state index < -0.39 is 0 Å². The van der Waals surface area contributed by atoms with Gasteiger partial charge in [0.25, 0.3) is 0 Å². The highest BCUT2D eigenvalue weighted by Gasteiger charge is 2.20. The van der Waals surface area contributed by atoms with Crippen LogP contribution in [0.25, 0.3) is 0 Å². The maximum Gasteiger partial charge on any atom is 0.315 e. The van der Waals surface area contributed by atoms with Gasteiger partial charge in [0.1, 0.15) is 0 Å². The van der Waals surface area contributed by atoms with Crippen LogP contribution in [0.15, 0.2) is 24.3 Å². The summed E-state index contributed by atoms with van der Waals surface area (Å²) in [5, 5.41) is 8.75. The standard InChI is InChI=1S/C20H31N3O2/c1-15(2)12-22-20(25)23-14-17-8-6-7-16(11-17)13-21-19(24)18-9-4-3-5-10-18/h6-8,11,15,18H,3-5,9-10,12-14H2,1-2H3,(H,21,24)(H2,22,23,25). The van der Waals surface area contributed by atoms with E-state index in [1.165, 1.54) is 6.42 Å². The Balaban J connectivity index is 1.76. The van der Waals surface area contributed by atoms with Crippen molar-refractivity contribution in [2.45, 2.75) is 59.0 Å². The van der Waals surface area contributed by atoms with Crippen LogP contribution in [0.5, 0.6) is 0 Å². The van der Waals surface area contributed by atoms with Crippen LogP contribution in [0.2, 0.25) is 0 Å². The van der Waals surface area contributed by atoms with Gasteiger partial charge in [0.05, 0.1) is 0 Å². The molecule has 0 saturated heterocycles. The van der Waals surface area contributed by atoms with Crippen molar-refractivity contribution in [3.63, 3.8) is 0 Å². The molecule has 5 heteroatoms. The first-order valence-electron chi connectivity index (χ1n) is 9.42. The number of nitrogens with one attached hydrogen (secondary N) is 3. The number of urea groups is 1. The second kappa shape index (κ2) is 10.1. The molecule has 1 fully saturated rings. The SMILES string of the molecule is CC(C)CNC(=O)NCc1cccc(CNC(=O)C2CCCCC2)c1. The summed E-state index contributed by atoms with van der Waals surface area (Å²) in [7, 11) is 0. The number of carbonyl (C=O) groups excluding carboxylic acids is 2. The molecule has 0 unspecified atom stereocenters. The number of benzene rings is 1. The molecule has 25 heavy (non-hydrogen) atoms. The maximum atomic E-state index is 12.2. The van der Waals surface area contributed by atoms with Gasteiger partial charge in [-0.25, -0.2) is 4.79 Å². The minimum atomic E-state index is -0.148. The third kappa shape index (κ3) is 7.16. The van der Waals surface area contributed by atoms with E-state index in [2.05, 4.69) is 29.8 Å². The average molecular weight is 345 g/mol. The number of carbonyl (C=O) groups is 2. The topological polar surface area (TPSA) is 70.2 Å². The van der Waals surface area contributed by atoms with E-state index in [1.807, 2.05) is 24.3 Å². The molecule has 0 heterocycles. The number of hydrogen-bond donors (Lipinski definition) is 3. The molecule has 1 aromatic carbocycles. The summed E-state index contributed by atoms with van der Waals surface area (Å²) >= 11 is 0. The highest BCUT2D eigenvalue weighted by Crippen LogP contribution is 2.23. The molecule has 0 atom stereocenters. The second-order valence-corrected chi connectivity index (χ2v) is 7.33. The Bertz CT molecular complexity index is 566. The fraction of sp³-hybridized carbons (Fsp3) is 0.600. The van der Waals surface area contributed by atoms with Crippen molar-refractivity contribution in [1.82, 2.24) is 16.0 Å². The van der Waals surface area contributed by atoms with E-state index in [4.69, 9.17) is 0 Å². The number of amides is 3. The van der Waals surface area contributed by atoms with E-state index in [-0.39, 0.29) is 17.9 Å². The third-order valence-corrected chi connectivity index (χ3v) is 4.56. The summed E-state index contributed by atoms with van der Waals surface area (Å²) in [6, 6.07) is 7.83. The number of hydrogen-bond acceptors (Lipinski definition) is 2. The molecule has 1 aromatic rings. The summed E-state index contributed by atoms with van der Waals surface area (Å²) in [6.45, 7) is 5.81. The quantitative estimate of drug-likeness (QED) is 0.709. The average Bonchev–Trinajstić information content (AvgIpc) is 2.63. The molecule has 0 aromatic heterocycles. The molecule has 5 nitrogen and oxygen atoms in total. The molecular formula is C20H31N3O2. The summed E-state index contributed by atoms with van der Waals surface area (Å²) in [4.78, 5) is 23.9. The summed E-state index contributed by atoms with van der Waals surface area (Å²) in [5.74, 6) is 0.793. The highest BCUT2D eigenvalue weighted by molar-refractivity contribution is 5.78. The summed E-state index contributed by atoms with van der Waals surface area (Å²) in [6.07, 6.45) is 5.61.